The first kappa shape index (κ1) is 18.6. The maximum absolute atomic E-state index is 12.6. The summed E-state index contributed by atoms with van der Waals surface area (Å²) in [5, 5.41) is 9.64. The molecular weight excluding hydrogens is 318 g/mol. The average Bonchev–Trinajstić information content (AvgIpc) is 2.62. The minimum absolute atomic E-state index is 0.0307. The number of ether oxygens (including phenoxy) is 2. The van der Waals surface area contributed by atoms with Crippen LogP contribution in [0.25, 0.3) is 0 Å². The molecule has 0 radical (unpaired) electrons. The minimum Gasteiger partial charge on any atom is -0.504 e. The number of hydrogen-bond acceptors (Lipinski definition) is 4. The van der Waals surface area contributed by atoms with Crippen LogP contribution in [0.4, 0.5) is 0 Å². The van der Waals surface area contributed by atoms with E-state index in [0.29, 0.717) is 30.9 Å². The lowest BCUT2D eigenvalue weighted by Gasteiger charge is -2.18. The predicted molar refractivity (Wildman–Crippen MR) is 97.7 cm³/mol. The Morgan fingerprint density at radius 3 is 2.56 bits per heavy atom. The van der Waals surface area contributed by atoms with Gasteiger partial charge in [0.2, 0.25) is 0 Å². The summed E-state index contributed by atoms with van der Waals surface area (Å²) in [6, 6.07) is 10.7. The molecule has 0 saturated heterocycles. The quantitative estimate of drug-likeness (QED) is 0.837. The summed E-state index contributed by atoms with van der Waals surface area (Å²) >= 11 is 0. The van der Waals surface area contributed by atoms with Crippen molar-refractivity contribution >= 4 is 5.91 Å². The van der Waals surface area contributed by atoms with Crippen molar-refractivity contribution in [3.63, 3.8) is 0 Å². The Morgan fingerprint density at radius 2 is 1.92 bits per heavy atom. The summed E-state index contributed by atoms with van der Waals surface area (Å²) in [7, 11) is 3.30. The third kappa shape index (κ3) is 4.66. The number of benzene rings is 2. The summed E-state index contributed by atoms with van der Waals surface area (Å²) in [6.45, 7) is 5.04. The lowest BCUT2D eigenvalue weighted by molar-refractivity contribution is 0.0796. The number of phenols is 1. The zero-order chi connectivity index (χ0) is 18.4. The summed E-state index contributed by atoms with van der Waals surface area (Å²) in [6.07, 6.45) is 0.675. The Balaban J connectivity index is 2.01. The number of hydrogen-bond donors (Lipinski definition) is 1. The number of amides is 1. The maximum atomic E-state index is 12.6. The molecule has 0 heterocycles. The van der Waals surface area contributed by atoms with E-state index in [9.17, 15) is 9.90 Å². The highest BCUT2D eigenvalue weighted by molar-refractivity contribution is 5.94. The van der Waals surface area contributed by atoms with Crippen LogP contribution in [0.1, 0.15) is 28.4 Å². The van der Waals surface area contributed by atoms with Crippen LogP contribution in [0.15, 0.2) is 36.4 Å². The molecule has 5 nitrogen and oxygen atoms in total. The molecule has 0 spiro atoms. The first-order valence-corrected chi connectivity index (χ1v) is 8.31. The van der Waals surface area contributed by atoms with Crippen LogP contribution in [-0.4, -0.2) is 43.2 Å². The van der Waals surface area contributed by atoms with Gasteiger partial charge in [-0.2, -0.15) is 0 Å². The third-order valence-electron chi connectivity index (χ3n) is 4.05. The van der Waals surface area contributed by atoms with Gasteiger partial charge in [-0.05, 0) is 61.7 Å². The Labute approximate surface area is 148 Å². The molecule has 0 bridgehead atoms. The first-order chi connectivity index (χ1) is 12.0. The second-order valence-corrected chi connectivity index (χ2v) is 5.90. The second kappa shape index (κ2) is 8.42. The maximum Gasteiger partial charge on any atom is 0.253 e. The van der Waals surface area contributed by atoms with Crippen LogP contribution in [0.2, 0.25) is 0 Å². The number of methoxy groups -OCH3 is 1. The molecule has 0 unspecified atom stereocenters. The number of nitrogens with zero attached hydrogens (tertiary/aromatic N) is 1. The molecule has 1 amide bonds. The fourth-order valence-corrected chi connectivity index (χ4v) is 2.60. The predicted octanol–water partition coefficient (Wildman–Crippen LogP) is 3.42. The monoisotopic (exact) mass is 343 g/mol. The fourth-order valence-electron chi connectivity index (χ4n) is 2.60. The zero-order valence-corrected chi connectivity index (χ0v) is 15.2. The van der Waals surface area contributed by atoms with Crippen molar-refractivity contribution in [2.75, 3.05) is 27.3 Å². The lowest BCUT2D eigenvalue weighted by atomic mass is 10.1. The van der Waals surface area contributed by atoms with Gasteiger partial charge in [0.1, 0.15) is 5.75 Å². The molecule has 0 aliphatic heterocycles. The molecular formula is C20H25NO4. The van der Waals surface area contributed by atoms with Crippen molar-refractivity contribution in [1.82, 2.24) is 4.90 Å². The number of phenolic OH excluding ortho intramolecular Hbond substituents is 1. The largest absolute Gasteiger partial charge is 0.504 e. The molecule has 1 N–H and O–H groups in total. The van der Waals surface area contributed by atoms with Crippen LogP contribution in [-0.2, 0) is 6.42 Å². The first-order valence-electron chi connectivity index (χ1n) is 8.31. The molecule has 0 aromatic heterocycles. The van der Waals surface area contributed by atoms with Crippen molar-refractivity contribution in [3.8, 4) is 17.2 Å². The van der Waals surface area contributed by atoms with Crippen molar-refractivity contribution in [2.45, 2.75) is 20.3 Å². The number of rotatable bonds is 7. The van der Waals surface area contributed by atoms with Crippen molar-refractivity contribution in [2.24, 2.45) is 0 Å². The SMILES string of the molecule is CCOc1ccc(C(=O)N(C)CCc2ccc(O)c(OC)c2)cc1C. The van der Waals surface area contributed by atoms with Crippen LogP contribution in [0.3, 0.4) is 0 Å². The van der Waals surface area contributed by atoms with Gasteiger partial charge in [-0.3, -0.25) is 4.79 Å². The van der Waals surface area contributed by atoms with E-state index in [1.165, 1.54) is 7.11 Å². The summed E-state index contributed by atoms with van der Waals surface area (Å²) < 4.78 is 10.6. The molecule has 2 aromatic rings. The number of carbonyl (C=O) groups excluding carboxylic acids is 1. The summed E-state index contributed by atoms with van der Waals surface area (Å²) in [4.78, 5) is 14.3. The van der Waals surface area contributed by atoms with Gasteiger partial charge in [0.25, 0.3) is 5.91 Å². The highest BCUT2D eigenvalue weighted by Crippen LogP contribution is 2.26. The number of aryl methyl sites for hydroxylation is 1. The van der Waals surface area contributed by atoms with E-state index in [1.807, 2.05) is 32.0 Å². The summed E-state index contributed by atoms with van der Waals surface area (Å²) in [5.41, 5.74) is 2.59. The molecule has 25 heavy (non-hydrogen) atoms. The van der Waals surface area contributed by atoms with Crippen LogP contribution in [0.5, 0.6) is 17.2 Å². The lowest BCUT2D eigenvalue weighted by Crippen LogP contribution is -2.28. The van der Waals surface area contributed by atoms with E-state index in [2.05, 4.69) is 0 Å². The van der Waals surface area contributed by atoms with Crippen LogP contribution < -0.4 is 9.47 Å². The van der Waals surface area contributed by atoms with Gasteiger partial charge >= 0.3 is 0 Å². The van der Waals surface area contributed by atoms with Gasteiger partial charge in [-0.15, -0.1) is 0 Å². The highest BCUT2D eigenvalue weighted by atomic mass is 16.5. The number of aromatic hydroxyl groups is 1. The van der Waals surface area contributed by atoms with Gasteiger partial charge < -0.3 is 19.5 Å². The van der Waals surface area contributed by atoms with E-state index < -0.39 is 0 Å². The second-order valence-electron chi connectivity index (χ2n) is 5.90. The van der Waals surface area contributed by atoms with E-state index in [-0.39, 0.29) is 11.7 Å². The topological polar surface area (TPSA) is 59.0 Å². The smallest absolute Gasteiger partial charge is 0.253 e. The third-order valence-corrected chi connectivity index (χ3v) is 4.05. The molecule has 2 aromatic carbocycles. The summed E-state index contributed by atoms with van der Waals surface area (Å²) in [5.74, 6) is 1.32. The standard InChI is InChI=1S/C20H25NO4/c1-5-25-18-9-7-16(12-14(18)2)20(23)21(3)11-10-15-6-8-17(22)19(13-15)24-4/h6-9,12-13,22H,5,10-11H2,1-4H3. The van der Waals surface area contributed by atoms with Gasteiger partial charge in [0, 0.05) is 19.2 Å². The van der Waals surface area contributed by atoms with Crippen molar-refractivity contribution < 1.29 is 19.4 Å². The van der Waals surface area contributed by atoms with E-state index in [1.54, 1.807) is 30.1 Å². The Kier molecular flexibility index (Phi) is 6.28. The number of carbonyl (C=O) groups is 1. The molecule has 134 valence electrons. The molecule has 0 atom stereocenters. The minimum atomic E-state index is -0.0307. The van der Waals surface area contributed by atoms with Crippen LogP contribution >= 0.6 is 0 Å². The van der Waals surface area contributed by atoms with Crippen LogP contribution in [0, 0.1) is 6.92 Å². The molecule has 0 fully saturated rings. The van der Waals surface area contributed by atoms with Crippen molar-refractivity contribution in [1.29, 1.82) is 0 Å². The van der Waals surface area contributed by atoms with Gasteiger partial charge in [0.15, 0.2) is 11.5 Å². The average molecular weight is 343 g/mol. The van der Waals surface area contributed by atoms with Gasteiger partial charge in [-0.1, -0.05) is 6.07 Å². The van der Waals surface area contributed by atoms with E-state index in [4.69, 9.17) is 9.47 Å². The van der Waals surface area contributed by atoms with E-state index >= 15 is 0 Å². The Hall–Kier alpha value is -2.69. The molecule has 0 aliphatic rings. The molecule has 5 heteroatoms. The molecule has 0 saturated carbocycles. The zero-order valence-electron chi connectivity index (χ0n) is 15.2. The normalized spacial score (nSPS) is 10.4. The molecule has 2 rings (SSSR count). The van der Waals surface area contributed by atoms with Gasteiger partial charge in [0.05, 0.1) is 13.7 Å². The molecule has 0 aliphatic carbocycles. The number of likely N-dealkylation sites (N-methyl/N-ethyl adjacent to an activating group) is 1. The Bertz CT molecular complexity index is 742. The van der Waals surface area contributed by atoms with Crippen molar-refractivity contribution in [3.05, 3.63) is 53.1 Å². The highest BCUT2D eigenvalue weighted by Gasteiger charge is 2.13. The van der Waals surface area contributed by atoms with E-state index in [0.717, 1.165) is 16.9 Å². The van der Waals surface area contributed by atoms with Gasteiger partial charge in [-0.25, -0.2) is 0 Å². The Morgan fingerprint density at radius 1 is 1.16 bits per heavy atom. The fraction of sp³-hybridized carbons (Fsp3) is 0.350.